The fourth-order valence-corrected chi connectivity index (χ4v) is 5.20. The first kappa shape index (κ1) is 25.1. The lowest BCUT2D eigenvalue weighted by Gasteiger charge is -2.29. The monoisotopic (exact) mass is 459 g/mol. The molecule has 3 atom stereocenters. The van der Waals surface area contributed by atoms with Gasteiger partial charge in [-0.15, -0.1) is 24.8 Å². The van der Waals surface area contributed by atoms with Gasteiger partial charge in [0, 0.05) is 50.2 Å². The van der Waals surface area contributed by atoms with E-state index in [9.17, 15) is 4.79 Å². The molecular formula is C22H35Cl2N3O3. The molecule has 1 aromatic carbocycles. The predicted octanol–water partition coefficient (Wildman–Crippen LogP) is 3.16. The Morgan fingerprint density at radius 2 is 1.70 bits per heavy atom. The van der Waals surface area contributed by atoms with Crippen LogP contribution < -0.4 is 20.1 Å². The van der Waals surface area contributed by atoms with Crippen LogP contribution in [0.15, 0.2) is 18.2 Å². The van der Waals surface area contributed by atoms with E-state index >= 15 is 0 Å². The third kappa shape index (κ3) is 6.39. The maximum Gasteiger partial charge on any atom is 0.220 e. The minimum atomic E-state index is 0. The van der Waals surface area contributed by atoms with Crippen LogP contribution in [0.5, 0.6) is 11.5 Å². The molecule has 1 amide bonds. The van der Waals surface area contributed by atoms with Crippen LogP contribution in [-0.2, 0) is 11.3 Å². The van der Waals surface area contributed by atoms with Crippen LogP contribution in [0.25, 0.3) is 0 Å². The number of carbonyl (C=O) groups excluding carboxylic acids is 1. The Hall–Kier alpha value is -1.21. The number of amides is 1. The second kappa shape index (κ2) is 11.4. The molecule has 3 aliphatic heterocycles. The number of fused-ring (bicyclic) bond motifs is 2. The van der Waals surface area contributed by atoms with Crippen LogP contribution in [0, 0.1) is 5.92 Å². The van der Waals surface area contributed by atoms with E-state index in [0.717, 1.165) is 37.6 Å². The van der Waals surface area contributed by atoms with E-state index in [2.05, 4.69) is 27.7 Å². The average Bonchev–Trinajstić information content (AvgIpc) is 3.26. The number of carbonyl (C=O) groups is 1. The molecule has 170 valence electrons. The van der Waals surface area contributed by atoms with Gasteiger partial charge in [-0.3, -0.25) is 9.69 Å². The molecule has 6 nitrogen and oxygen atoms in total. The van der Waals surface area contributed by atoms with Crippen molar-refractivity contribution in [3.05, 3.63) is 23.8 Å². The molecule has 3 heterocycles. The van der Waals surface area contributed by atoms with Crippen molar-refractivity contribution in [2.75, 3.05) is 27.3 Å². The molecule has 0 aromatic heterocycles. The number of hydrogen-bond acceptors (Lipinski definition) is 5. The smallest absolute Gasteiger partial charge is 0.220 e. The summed E-state index contributed by atoms with van der Waals surface area (Å²) in [6, 6.07) is 7.57. The van der Waals surface area contributed by atoms with Gasteiger partial charge in [-0.1, -0.05) is 0 Å². The van der Waals surface area contributed by atoms with E-state index in [-0.39, 0.29) is 36.8 Å². The van der Waals surface area contributed by atoms with Gasteiger partial charge in [0.05, 0.1) is 14.2 Å². The topological polar surface area (TPSA) is 62.8 Å². The molecule has 0 spiro atoms. The SMILES string of the molecule is COc1cc(CN2CCC(NC(=O)CC3CC4CCC(C3)N4)C2)cc(OC)c1.Cl.Cl. The highest BCUT2D eigenvalue weighted by molar-refractivity contribution is 5.85. The van der Waals surface area contributed by atoms with Crippen LogP contribution in [0.1, 0.15) is 44.1 Å². The van der Waals surface area contributed by atoms with E-state index < -0.39 is 0 Å². The van der Waals surface area contributed by atoms with Crippen molar-refractivity contribution >= 4 is 30.7 Å². The number of nitrogens with one attached hydrogen (secondary N) is 2. The van der Waals surface area contributed by atoms with Crippen molar-refractivity contribution in [1.29, 1.82) is 0 Å². The van der Waals surface area contributed by atoms with Crippen molar-refractivity contribution < 1.29 is 14.3 Å². The highest BCUT2D eigenvalue weighted by Crippen LogP contribution is 2.32. The number of benzene rings is 1. The standard InChI is InChI=1S/C22H33N3O3.2ClH/c1-27-20-9-16(10-21(12-20)28-2)13-25-6-5-19(14-25)24-22(26)11-15-7-17-3-4-18(8-15)23-17;;/h9-10,12,15,17-19,23H,3-8,11,13-14H2,1-2H3,(H,24,26);2*1H. The van der Waals surface area contributed by atoms with Crippen molar-refractivity contribution in [2.45, 2.75) is 63.2 Å². The van der Waals surface area contributed by atoms with Gasteiger partial charge in [-0.25, -0.2) is 0 Å². The highest BCUT2D eigenvalue weighted by Gasteiger charge is 2.34. The van der Waals surface area contributed by atoms with Gasteiger partial charge in [0.1, 0.15) is 11.5 Å². The third-order valence-electron chi connectivity index (χ3n) is 6.50. The van der Waals surface area contributed by atoms with E-state index in [1.165, 1.54) is 31.2 Å². The summed E-state index contributed by atoms with van der Waals surface area (Å²) in [6.07, 6.45) is 6.62. The minimum Gasteiger partial charge on any atom is -0.497 e. The Labute approximate surface area is 192 Å². The number of methoxy groups -OCH3 is 2. The first-order chi connectivity index (χ1) is 13.6. The molecule has 3 fully saturated rings. The summed E-state index contributed by atoms with van der Waals surface area (Å²) in [5.41, 5.74) is 1.17. The second-order valence-corrected chi connectivity index (χ2v) is 8.69. The van der Waals surface area contributed by atoms with Gasteiger partial charge >= 0.3 is 0 Å². The third-order valence-corrected chi connectivity index (χ3v) is 6.50. The molecule has 3 aliphatic rings. The molecule has 0 radical (unpaired) electrons. The molecule has 3 unspecified atom stereocenters. The minimum absolute atomic E-state index is 0. The van der Waals surface area contributed by atoms with Crippen molar-refractivity contribution in [3.63, 3.8) is 0 Å². The summed E-state index contributed by atoms with van der Waals surface area (Å²) in [7, 11) is 3.35. The summed E-state index contributed by atoms with van der Waals surface area (Å²) in [5.74, 6) is 2.42. The number of hydrogen-bond donors (Lipinski definition) is 2. The summed E-state index contributed by atoms with van der Waals surface area (Å²) in [4.78, 5) is 14.9. The molecule has 1 aromatic rings. The van der Waals surface area contributed by atoms with Crippen LogP contribution >= 0.6 is 24.8 Å². The molecule has 30 heavy (non-hydrogen) atoms. The molecular weight excluding hydrogens is 425 g/mol. The fraction of sp³-hybridized carbons (Fsp3) is 0.682. The van der Waals surface area contributed by atoms with E-state index in [0.29, 0.717) is 24.4 Å². The molecule has 2 N–H and O–H groups in total. The van der Waals surface area contributed by atoms with Crippen LogP contribution in [0.2, 0.25) is 0 Å². The molecule has 4 rings (SSSR count). The fourth-order valence-electron chi connectivity index (χ4n) is 5.20. The van der Waals surface area contributed by atoms with Crippen LogP contribution in [0.3, 0.4) is 0 Å². The second-order valence-electron chi connectivity index (χ2n) is 8.69. The Kier molecular flexibility index (Phi) is 9.54. The van der Waals surface area contributed by atoms with Gasteiger partial charge in [-0.05, 0) is 55.7 Å². The number of likely N-dealkylation sites (tertiary alicyclic amines) is 1. The van der Waals surface area contributed by atoms with E-state index in [1.807, 2.05) is 6.07 Å². The zero-order valence-corrected chi connectivity index (χ0v) is 19.5. The summed E-state index contributed by atoms with van der Waals surface area (Å²) < 4.78 is 10.7. The van der Waals surface area contributed by atoms with Crippen LogP contribution in [0.4, 0.5) is 0 Å². The maximum atomic E-state index is 12.5. The molecule has 0 saturated carbocycles. The van der Waals surface area contributed by atoms with Crippen molar-refractivity contribution in [1.82, 2.24) is 15.5 Å². The summed E-state index contributed by atoms with van der Waals surface area (Å²) >= 11 is 0. The van der Waals surface area contributed by atoms with Crippen molar-refractivity contribution in [3.8, 4) is 11.5 Å². The number of piperidine rings is 1. The van der Waals surface area contributed by atoms with E-state index in [4.69, 9.17) is 9.47 Å². The number of halogens is 2. The first-order valence-corrected chi connectivity index (χ1v) is 10.6. The van der Waals surface area contributed by atoms with Gasteiger partial charge in [0.25, 0.3) is 0 Å². The molecule has 3 saturated heterocycles. The molecule has 0 aliphatic carbocycles. The van der Waals surface area contributed by atoms with E-state index in [1.54, 1.807) is 14.2 Å². The average molecular weight is 460 g/mol. The lowest BCUT2D eigenvalue weighted by molar-refractivity contribution is -0.122. The number of nitrogens with zero attached hydrogens (tertiary/aromatic N) is 1. The quantitative estimate of drug-likeness (QED) is 0.655. The first-order valence-electron chi connectivity index (χ1n) is 10.6. The number of rotatable bonds is 7. The zero-order chi connectivity index (χ0) is 19.5. The number of ether oxygens (including phenoxy) is 2. The normalized spacial score (nSPS) is 27.7. The Balaban J connectivity index is 0.00000160. The van der Waals surface area contributed by atoms with Crippen LogP contribution in [-0.4, -0.2) is 56.2 Å². The Morgan fingerprint density at radius 3 is 2.30 bits per heavy atom. The molecule has 8 heteroatoms. The largest absolute Gasteiger partial charge is 0.497 e. The highest BCUT2D eigenvalue weighted by atomic mass is 35.5. The van der Waals surface area contributed by atoms with Gasteiger partial charge in [0.15, 0.2) is 0 Å². The lowest BCUT2D eigenvalue weighted by Crippen LogP contribution is -2.42. The Bertz CT molecular complexity index is 672. The zero-order valence-electron chi connectivity index (χ0n) is 17.9. The summed E-state index contributed by atoms with van der Waals surface area (Å²) in [5, 5.41) is 6.94. The lowest BCUT2D eigenvalue weighted by atomic mass is 9.89. The molecule has 2 bridgehead atoms. The maximum absolute atomic E-state index is 12.5. The van der Waals surface area contributed by atoms with Gasteiger partial charge < -0.3 is 20.1 Å². The predicted molar refractivity (Wildman–Crippen MR) is 123 cm³/mol. The van der Waals surface area contributed by atoms with Crippen molar-refractivity contribution in [2.24, 2.45) is 5.92 Å². The summed E-state index contributed by atoms with van der Waals surface area (Å²) in [6.45, 7) is 2.75. The van der Waals surface area contributed by atoms with Gasteiger partial charge in [-0.2, -0.15) is 0 Å². The van der Waals surface area contributed by atoms with Gasteiger partial charge in [0.2, 0.25) is 5.91 Å². The Morgan fingerprint density at radius 1 is 1.07 bits per heavy atom.